The number of hydrogen-bond acceptors (Lipinski definition) is 6. The highest BCUT2D eigenvalue weighted by molar-refractivity contribution is 7.18. The number of anilines is 2. The van der Waals surface area contributed by atoms with Crippen LogP contribution in [0.2, 0.25) is 5.02 Å². The van der Waals surface area contributed by atoms with Crippen molar-refractivity contribution in [3.05, 3.63) is 27.0 Å². The second-order valence-corrected chi connectivity index (χ2v) is 7.24. The highest BCUT2D eigenvalue weighted by atomic mass is 35.5. The summed E-state index contributed by atoms with van der Waals surface area (Å²) in [7, 11) is 0. The minimum absolute atomic E-state index is 0.448. The van der Waals surface area contributed by atoms with Crippen LogP contribution in [-0.4, -0.2) is 21.7 Å². The third-order valence-corrected chi connectivity index (χ3v) is 6.03. The zero-order valence-corrected chi connectivity index (χ0v) is 13.3. The lowest BCUT2D eigenvalue weighted by Gasteiger charge is -2.17. The molecule has 0 unspecified atom stereocenters. The predicted octanol–water partition coefficient (Wildman–Crippen LogP) is 3.88. The second-order valence-electron chi connectivity index (χ2n) is 4.73. The molecule has 2 aromatic rings. The van der Waals surface area contributed by atoms with Crippen molar-refractivity contribution in [3.8, 4) is 0 Å². The molecule has 0 atom stereocenters. The van der Waals surface area contributed by atoms with Gasteiger partial charge < -0.3 is 15.1 Å². The van der Waals surface area contributed by atoms with Crippen molar-refractivity contribution in [2.45, 2.75) is 32.0 Å². The Morgan fingerprint density at radius 1 is 1.45 bits per heavy atom. The van der Waals surface area contributed by atoms with Crippen LogP contribution < -0.4 is 4.90 Å². The van der Waals surface area contributed by atoms with E-state index in [1.807, 2.05) is 13.0 Å². The monoisotopic (exact) mass is 330 g/mol. The first kappa shape index (κ1) is 14.3. The Bertz CT molecular complexity index is 607. The summed E-state index contributed by atoms with van der Waals surface area (Å²) in [6.45, 7) is 2.80. The third kappa shape index (κ3) is 2.71. The molecule has 4 nitrogen and oxygen atoms in total. The molecule has 0 aliphatic heterocycles. The normalized spacial score (nSPS) is 15.1. The molecule has 108 valence electrons. The molecule has 1 fully saturated rings. The SMILES string of the molecule is CCN(c1cc(Cl)c(C2CC2)s1)c1ncc(C(O)O)s1. The van der Waals surface area contributed by atoms with E-state index in [1.165, 1.54) is 35.3 Å². The lowest BCUT2D eigenvalue weighted by Crippen LogP contribution is -2.14. The zero-order chi connectivity index (χ0) is 14.3. The maximum Gasteiger partial charge on any atom is 0.190 e. The number of nitrogens with zero attached hydrogens (tertiary/aromatic N) is 2. The van der Waals surface area contributed by atoms with E-state index in [0.717, 1.165) is 21.7 Å². The lowest BCUT2D eigenvalue weighted by molar-refractivity contribution is -0.0396. The van der Waals surface area contributed by atoms with Crippen molar-refractivity contribution in [1.29, 1.82) is 0 Å². The molecule has 0 aromatic carbocycles. The largest absolute Gasteiger partial charge is 0.364 e. The third-order valence-electron chi connectivity index (χ3n) is 3.23. The van der Waals surface area contributed by atoms with Gasteiger partial charge in [-0.05, 0) is 31.7 Å². The molecule has 0 radical (unpaired) electrons. The average Bonchev–Trinajstić information content (AvgIpc) is 3.00. The van der Waals surface area contributed by atoms with Gasteiger partial charge in [0.1, 0.15) is 0 Å². The van der Waals surface area contributed by atoms with Crippen LogP contribution in [0.3, 0.4) is 0 Å². The molecule has 1 aliphatic rings. The summed E-state index contributed by atoms with van der Waals surface area (Å²) in [5, 5.41) is 21.0. The number of aliphatic hydroxyl groups is 2. The molecule has 2 N–H and O–H groups in total. The number of halogens is 1. The van der Waals surface area contributed by atoms with E-state index >= 15 is 0 Å². The molecule has 0 amide bonds. The molecule has 2 aromatic heterocycles. The Morgan fingerprint density at radius 3 is 2.75 bits per heavy atom. The topological polar surface area (TPSA) is 56.6 Å². The van der Waals surface area contributed by atoms with Crippen molar-refractivity contribution >= 4 is 44.4 Å². The zero-order valence-electron chi connectivity index (χ0n) is 10.9. The Balaban J connectivity index is 1.90. The summed E-state index contributed by atoms with van der Waals surface area (Å²) in [6.07, 6.45) is 2.49. The van der Waals surface area contributed by atoms with Gasteiger partial charge in [-0.15, -0.1) is 11.3 Å². The van der Waals surface area contributed by atoms with Crippen molar-refractivity contribution in [1.82, 2.24) is 4.98 Å². The van der Waals surface area contributed by atoms with Gasteiger partial charge >= 0.3 is 0 Å². The lowest BCUT2D eigenvalue weighted by atomic mass is 10.3. The first-order valence-electron chi connectivity index (χ1n) is 6.48. The molecule has 1 saturated carbocycles. The first-order chi connectivity index (χ1) is 9.60. The van der Waals surface area contributed by atoms with Crippen molar-refractivity contribution in [2.75, 3.05) is 11.4 Å². The second kappa shape index (κ2) is 5.61. The molecule has 2 heterocycles. The fourth-order valence-corrected chi connectivity index (χ4v) is 4.68. The summed E-state index contributed by atoms with van der Waals surface area (Å²) >= 11 is 9.31. The fourth-order valence-electron chi connectivity index (χ4n) is 2.03. The maximum absolute atomic E-state index is 9.18. The standard InChI is InChI=1S/C13H15ClN2O2S2/c1-2-16(13-15-6-9(19-13)12(17)18)10-5-8(14)11(20-10)7-3-4-7/h5-7,12,17-18H,2-4H2,1H3. The van der Waals surface area contributed by atoms with E-state index in [0.29, 0.717) is 10.8 Å². The molecule has 3 rings (SSSR count). The Hall–Kier alpha value is -0.660. The van der Waals surface area contributed by atoms with Gasteiger partial charge in [0.25, 0.3) is 0 Å². The number of hydrogen-bond donors (Lipinski definition) is 2. The van der Waals surface area contributed by atoms with Crippen LogP contribution in [0.4, 0.5) is 10.1 Å². The summed E-state index contributed by atoms with van der Waals surface area (Å²) in [4.78, 5) is 8.04. The number of rotatable bonds is 5. The van der Waals surface area contributed by atoms with Gasteiger partial charge in [0.15, 0.2) is 11.4 Å². The summed E-state index contributed by atoms with van der Waals surface area (Å²) in [5.74, 6) is 0.631. The van der Waals surface area contributed by atoms with Crippen LogP contribution >= 0.6 is 34.3 Å². The van der Waals surface area contributed by atoms with Crippen LogP contribution in [0, 0.1) is 0 Å². The van der Waals surface area contributed by atoms with Crippen molar-refractivity contribution in [3.63, 3.8) is 0 Å². The first-order valence-corrected chi connectivity index (χ1v) is 8.50. The molecule has 0 spiro atoms. The smallest absolute Gasteiger partial charge is 0.190 e. The summed E-state index contributed by atoms with van der Waals surface area (Å²) < 4.78 is 0. The average molecular weight is 331 g/mol. The Kier molecular flexibility index (Phi) is 4.01. The molecular formula is C13H15ClN2O2S2. The van der Waals surface area contributed by atoms with E-state index < -0.39 is 6.29 Å². The quantitative estimate of drug-likeness (QED) is 0.817. The fraction of sp³-hybridized carbons (Fsp3) is 0.462. The molecule has 0 bridgehead atoms. The predicted molar refractivity (Wildman–Crippen MR) is 83.3 cm³/mol. The summed E-state index contributed by atoms with van der Waals surface area (Å²) in [5.41, 5.74) is 0. The van der Waals surface area contributed by atoms with Crippen LogP contribution in [0.1, 0.15) is 41.7 Å². The van der Waals surface area contributed by atoms with Gasteiger partial charge in [-0.3, -0.25) is 0 Å². The molecule has 0 saturated heterocycles. The minimum Gasteiger partial charge on any atom is -0.364 e. The van der Waals surface area contributed by atoms with E-state index in [4.69, 9.17) is 11.6 Å². The van der Waals surface area contributed by atoms with E-state index in [9.17, 15) is 10.2 Å². The van der Waals surface area contributed by atoms with Crippen LogP contribution in [-0.2, 0) is 0 Å². The van der Waals surface area contributed by atoms with Gasteiger partial charge in [0, 0.05) is 17.6 Å². The molecule has 20 heavy (non-hydrogen) atoms. The van der Waals surface area contributed by atoms with Crippen LogP contribution in [0.5, 0.6) is 0 Å². The number of aromatic nitrogens is 1. The van der Waals surface area contributed by atoms with Crippen LogP contribution in [0.15, 0.2) is 12.3 Å². The molecule has 1 aliphatic carbocycles. The number of aliphatic hydroxyl groups excluding tert-OH is 1. The Morgan fingerprint density at radius 2 is 2.20 bits per heavy atom. The van der Waals surface area contributed by atoms with Gasteiger partial charge in [-0.2, -0.15) is 0 Å². The highest BCUT2D eigenvalue weighted by Crippen LogP contribution is 2.50. The maximum atomic E-state index is 9.18. The van der Waals surface area contributed by atoms with E-state index in [2.05, 4.69) is 9.88 Å². The molecule has 7 heteroatoms. The highest BCUT2D eigenvalue weighted by Gasteiger charge is 2.29. The number of thiazole rings is 1. The molecular weight excluding hydrogens is 316 g/mol. The van der Waals surface area contributed by atoms with Gasteiger partial charge in [0.2, 0.25) is 0 Å². The van der Waals surface area contributed by atoms with Gasteiger partial charge in [-0.1, -0.05) is 22.9 Å². The number of thiophene rings is 1. The minimum atomic E-state index is -1.46. The van der Waals surface area contributed by atoms with Gasteiger partial charge in [0.05, 0.1) is 14.9 Å². The van der Waals surface area contributed by atoms with Crippen LogP contribution in [0.25, 0.3) is 0 Å². The summed E-state index contributed by atoms with van der Waals surface area (Å²) in [6, 6.07) is 1.99. The van der Waals surface area contributed by atoms with E-state index in [1.54, 1.807) is 11.3 Å². The van der Waals surface area contributed by atoms with Crippen molar-refractivity contribution < 1.29 is 10.2 Å². The Labute approximate surface area is 130 Å². The van der Waals surface area contributed by atoms with Crippen molar-refractivity contribution in [2.24, 2.45) is 0 Å². The van der Waals surface area contributed by atoms with Gasteiger partial charge in [-0.25, -0.2) is 4.98 Å². The van der Waals surface area contributed by atoms with E-state index in [-0.39, 0.29) is 0 Å².